The van der Waals surface area contributed by atoms with Crippen LogP contribution in [-0.2, 0) is 37.2 Å². The fraction of sp³-hybridized carbons (Fsp3) is 0.526. The normalized spacial score (nSPS) is 21.3. The Morgan fingerprint density at radius 3 is 2.75 bits per heavy atom. The molecule has 0 radical (unpaired) electrons. The van der Waals surface area contributed by atoms with Gasteiger partial charge in [-0.25, -0.2) is 13.6 Å². The van der Waals surface area contributed by atoms with Gasteiger partial charge in [0.25, 0.3) is 0 Å². The van der Waals surface area contributed by atoms with Crippen LogP contribution in [0.3, 0.4) is 0 Å². The molecule has 0 aliphatic carbocycles. The van der Waals surface area contributed by atoms with Crippen molar-refractivity contribution in [3.63, 3.8) is 0 Å². The minimum Gasteiger partial charge on any atom is -0.467 e. The Morgan fingerprint density at radius 1 is 1.08 bits per heavy atom. The smallest absolute Gasteiger partial charge is 0.320 e. The number of urea groups is 1. The van der Waals surface area contributed by atoms with Gasteiger partial charge in [0.2, 0.25) is 0 Å². The van der Waals surface area contributed by atoms with E-state index in [4.69, 9.17) is 29.9 Å². The van der Waals surface area contributed by atoms with E-state index in [-0.39, 0.29) is 24.2 Å². The van der Waals surface area contributed by atoms with Crippen LogP contribution in [0.25, 0.3) is 10.8 Å². The zero-order chi connectivity index (χ0) is 36.9. The lowest BCUT2D eigenvalue weighted by atomic mass is 9.95. The highest BCUT2D eigenvalue weighted by Gasteiger charge is 2.49. The highest BCUT2D eigenvalue weighted by atomic mass is 19.1. The molecular weight excluding hydrogens is 684 g/mol. The maximum Gasteiger partial charge on any atom is 0.320 e. The summed E-state index contributed by atoms with van der Waals surface area (Å²) in [4.78, 5) is 30.1. The van der Waals surface area contributed by atoms with Crippen molar-refractivity contribution in [3.8, 4) is 11.8 Å². The van der Waals surface area contributed by atoms with E-state index in [0.29, 0.717) is 75.7 Å². The van der Waals surface area contributed by atoms with Crippen molar-refractivity contribution >= 4 is 34.1 Å². The largest absolute Gasteiger partial charge is 0.467 e. The number of rotatable bonds is 10. The van der Waals surface area contributed by atoms with E-state index in [1.165, 1.54) is 11.0 Å². The first kappa shape index (κ1) is 35.3. The number of benzene rings is 2. The van der Waals surface area contributed by atoms with Crippen LogP contribution >= 0.6 is 0 Å². The molecule has 2 atom stereocenters. The van der Waals surface area contributed by atoms with Gasteiger partial charge in [-0.15, -0.1) is 0 Å². The number of aryl methyl sites for hydroxylation is 2. The number of amides is 2. The molecule has 2 aromatic carbocycles. The lowest BCUT2D eigenvalue weighted by Gasteiger charge is -2.35. The Labute approximate surface area is 307 Å². The molecule has 4 aromatic rings. The minimum atomic E-state index is -0.871. The number of halogens is 2. The quantitative estimate of drug-likeness (QED) is 0.224. The van der Waals surface area contributed by atoms with Crippen LogP contribution in [0.1, 0.15) is 55.1 Å². The number of carbonyl (C=O) groups excluding carboxylic acids is 1. The van der Waals surface area contributed by atoms with Crippen molar-refractivity contribution in [2.75, 3.05) is 68.4 Å². The average Bonchev–Trinajstić information content (AvgIpc) is 3.78. The molecule has 15 heteroatoms. The second-order valence-electron chi connectivity index (χ2n) is 14.7. The Hall–Kier alpha value is -4.76. The van der Waals surface area contributed by atoms with Crippen molar-refractivity contribution in [2.24, 2.45) is 5.73 Å². The molecule has 13 nitrogen and oxygen atoms in total. The summed E-state index contributed by atoms with van der Waals surface area (Å²) in [6.07, 6.45) is 3.44. The summed E-state index contributed by atoms with van der Waals surface area (Å²) in [6, 6.07) is 8.78. The molecule has 4 aliphatic rings. The van der Waals surface area contributed by atoms with Gasteiger partial charge >= 0.3 is 12.0 Å². The lowest BCUT2D eigenvalue weighted by molar-refractivity contribution is 0.0512. The van der Waals surface area contributed by atoms with Crippen LogP contribution in [-0.4, -0.2) is 96.1 Å². The van der Waals surface area contributed by atoms with E-state index >= 15 is 4.39 Å². The maximum atomic E-state index is 15.3. The first-order chi connectivity index (χ1) is 25.7. The molecule has 2 N–H and O–H groups in total. The van der Waals surface area contributed by atoms with Crippen molar-refractivity contribution in [1.82, 2.24) is 24.6 Å². The number of carbonyl (C=O) groups is 1. The maximum absolute atomic E-state index is 15.3. The van der Waals surface area contributed by atoms with Gasteiger partial charge in [0.05, 0.1) is 30.0 Å². The number of anilines is 3. The van der Waals surface area contributed by atoms with E-state index in [9.17, 15) is 9.18 Å². The Kier molecular flexibility index (Phi) is 9.47. The third-order valence-electron chi connectivity index (χ3n) is 11.4. The minimum absolute atomic E-state index is 0.0873. The number of fused-ring (bicyclic) bond motifs is 4. The number of primary amides is 1. The first-order valence-electron chi connectivity index (χ1n) is 18.5. The molecule has 8 rings (SSSR count). The summed E-state index contributed by atoms with van der Waals surface area (Å²) in [5.74, 6) is 1.68. The van der Waals surface area contributed by atoms with Gasteiger partial charge in [0.1, 0.15) is 30.2 Å². The van der Waals surface area contributed by atoms with Crippen molar-refractivity contribution in [3.05, 3.63) is 58.7 Å². The lowest BCUT2D eigenvalue weighted by Crippen LogP contribution is -2.43. The summed E-state index contributed by atoms with van der Waals surface area (Å²) in [5, 5.41) is 6.40. The number of nitrogens with zero attached hydrogens (tertiary/aromatic N) is 8. The van der Waals surface area contributed by atoms with Crippen LogP contribution in [0.2, 0.25) is 0 Å². The molecule has 2 saturated heterocycles. The molecule has 0 spiro atoms. The van der Waals surface area contributed by atoms with Gasteiger partial charge in [0.15, 0.2) is 12.6 Å². The number of nitrogens with two attached hydrogens (primary N) is 1. The molecule has 282 valence electrons. The highest BCUT2D eigenvalue weighted by molar-refractivity contribution is 5.98. The van der Waals surface area contributed by atoms with Gasteiger partial charge in [-0.2, -0.15) is 15.1 Å². The number of methoxy groups -OCH3 is 1. The summed E-state index contributed by atoms with van der Waals surface area (Å²) >= 11 is 0. The van der Waals surface area contributed by atoms with Crippen LogP contribution in [0.5, 0.6) is 11.8 Å². The van der Waals surface area contributed by atoms with Gasteiger partial charge in [-0.05, 0) is 61.7 Å². The van der Waals surface area contributed by atoms with Crippen LogP contribution < -0.4 is 29.9 Å². The standard InChI is InChI=1S/C38H47F2N9O4/c1-4-28-30(40)8-7-24-15-27(53-23-51-3)17-32(34(24)28)46-14-9-29-31(21-46)42-37(52-22-38-10-5-12-48(38)19-25(39)18-38)43-35(29)47-11-6-13-49-26(20-47)16-33(44-49)45(2)36(41)50/h7-8,15-17,25H,4-6,9-14,18-23H2,1-3H3,(H2,41,50)/t25-,38+/m1/s1. The van der Waals surface area contributed by atoms with Crippen LogP contribution in [0, 0.1) is 5.82 Å². The second-order valence-corrected chi connectivity index (χ2v) is 14.7. The van der Waals surface area contributed by atoms with E-state index in [1.54, 1.807) is 20.2 Å². The predicted molar refractivity (Wildman–Crippen MR) is 197 cm³/mol. The van der Waals surface area contributed by atoms with E-state index < -0.39 is 12.2 Å². The topological polar surface area (TPSA) is 127 Å². The Bertz CT molecular complexity index is 2030. The molecule has 2 amide bonds. The van der Waals surface area contributed by atoms with Crippen molar-refractivity contribution < 1.29 is 27.8 Å². The number of ether oxygens (including phenoxy) is 3. The van der Waals surface area contributed by atoms with Gasteiger partial charge < -0.3 is 29.7 Å². The van der Waals surface area contributed by atoms with Crippen LogP contribution in [0.4, 0.5) is 30.9 Å². The molecule has 2 fully saturated rings. The third kappa shape index (κ3) is 6.58. The molecule has 2 aromatic heterocycles. The van der Waals surface area contributed by atoms with Gasteiger partial charge in [-0.1, -0.05) is 13.0 Å². The fourth-order valence-electron chi connectivity index (χ4n) is 8.74. The van der Waals surface area contributed by atoms with E-state index in [2.05, 4.69) is 19.8 Å². The summed E-state index contributed by atoms with van der Waals surface area (Å²) < 4.78 is 49.5. The average molecular weight is 732 g/mol. The van der Waals surface area contributed by atoms with Crippen molar-refractivity contribution in [2.45, 2.75) is 76.8 Å². The zero-order valence-electron chi connectivity index (χ0n) is 30.6. The molecule has 0 unspecified atom stereocenters. The zero-order valence-corrected chi connectivity index (χ0v) is 30.6. The molecule has 4 aliphatic heterocycles. The predicted octanol–water partition coefficient (Wildman–Crippen LogP) is 4.95. The number of aromatic nitrogens is 4. The van der Waals surface area contributed by atoms with Gasteiger partial charge in [0, 0.05) is 75.5 Å². The summed E-state index contributed by atoms with van der Waals surface area (Å²) in [6.45, 7) is 6.66. The Balaban J connectivity index is 1.18. The monoisotopic (exact) mass is 731 g/mol. The SMILES string of the molecule is CCc1c(F)ccc2cc(OCOC)cc(N3CCc4c(nc(OC[C@@]56CCCN5C[C@H](F)C6)nc4N4CCCn5nc(N(C)C(N)=O)cc5C4)C3)c12. The molecule has 0 saturated carbocycles. The van der Waals surface area contributed by atoms with Crippen LogP contribution in [0.15, 0.2) is 30.3 Å². The Morgan fingerprint density at radius 2 is 1.94 bits per heavy atom. The summed E-state index contributed by atoms with van der Waals surface area (Å²) in [5.41, 5.74) is 9.50. The summed E-state index contributed by atoms with van der Waals surface area (Å²) in [7, 11) is 3.19. The van der Waals surface area contributed by atoms with E-state index in [1.807, 2.05) is 29.8 Å². The number of hydrogen-bond acceptors (Lipinski definition) is 10. The van der Waals surface area contributed by atoms with Gasteiger partial charge in [-0.3, -0.25) is 14.5 Å². The molecule has 6 heterocycles. The second kappa shape index (κ2) is 14.2. The fourth-order valence-corrected chi connectivity index (χ4v) is 8.74. The third-order valence-corrected chi connectivity index (χ3v) is 11.4. The molecule has 0 bridgehead atoms. The molecular formula is C38H47F2N9O4. The number of alkyl halides is 1. The highest BCUT2D eigenvalue weighted by Crippen LogP contribution is 2.42. The molecule has 53 heavy (non-hydrogen) atoms. The van der Waals surface area contributed by atoms with E-state index in [0.717, 1.165) is 71.6 Å². The van der Waals surface area contributed by atoms with Crippen molar-refractivity contribution in [1.29, 1.82) is 0 Å². The number of hydrogen-bond donors (Lipinski definition) is 1. The first-order valence-corrected chi connectivity index (χ1v) is 18.5.